The second-order valence-corrected chi connectivity index (χ2v) is 14.6. The average molecular weight is 451 g/mol. The molecule has 1 unspecified atom stereocenters. The SMILES string of the molecule is CCC(C(=O)NN)c1cc[c]([SnH]([c]2ccccc2)[c]2ccccc2)cc1. The molecule has 132 valence electrons. The van der Waals surface area contributed by atoms with Crippen LogP contribution in [-0.4, -0.2) is 25.7 Å². The average Bonchev–Trinajstić information content (AvgIpc) is 2.71. The van der Waals surface area contributed by atoms with Crippen molar-refractivity contribution in [1.29, 1.82) is 0 Å². The van der Waals surface area contributed by atoms with Crippen LogP contribution in [0.5, 0.6) is 0 Å². The van der Waals surface area contributed by atoms with Crippen LogP contribution in [0.3, 0.4) is 0 Å². The molecule has 0 radical (unpaired) electrons. The van der Waals surface area contributed by atoms with Crippen LogP contribution in [0.4, 0.5) is 0 Å². The van der Waals surface area contributed by atoms with Gasteiger partial charge in [-0.3, -0.25) is 0 Å². The summed E-state index contributed by atoms with van der Waals surface area (Å²) in [6.45, 7) is 2.00. The zero-order valence-electron chi connectivity index (χ0n) is 14.9. The zero-order chi connectivity index (χ0) is 18.4. The summed E-state index contributed by atoms with van der Waals surface area (Å²) in [5.41, 5.74) is 3.30. The fourth-order valence-corrected chi connectivity index (χ4v) is 11.9. The molecule has 0 saturated heterocycles. The number of nitrogens with one attached hydrogen (secondary N) is 1. The molecule has 4 heteroatoms. The number of rotatable bonds is 6. The van der Waals surface area contributed by atoms with E-state index in [-0.39, 0.29) is 11.8 Å². The molecule has 1 atom stereocenters. The van der Waals surface area contributed by atoms with Crippen molar-refractivity contribution < 1.29 is 4.79 Å². The van der Waals surface area contributed by atoms with Gasteiger partial charge in [0.25, 0.3) is 0 Å². The van der Waals surface area contributed by atoms with Gasteiger partial charge in [-0.25, -0.2) is 0 Å². The van der Waals surface area contributed by atoms with Crippen LogP contribution in [0.1, 0.15) is 24.8 Å². The molecule has 0 aliphatic carbocycles. The molecule has 26 heavy (non-hydrogen) atoms. The summed E-state index contributed by atoms with van der Waals surface area (Å²) >= 11 is -2.39. The quantitative estimate of drug-likeness (QED) is 0.258. The molecule has 3 nitrogen and oxygen atoms in total. The number of carbonyl (C=O) groups is 1. The van der Waals surface area contributed by atoms with Crippen LogP contribution in [0, 0.1) is 0 Å². The van der Waals surface area contributed by atoms with Crippen molar-refractivity contribution in [2.24, 2.45) is 5.84 Å². The minimum absolute atomic E-state index is 0.133. The van der Waals surface area contributed by atoms with E-state index in [1.54, 1.807) is 0 Å². The van der Waals surface area contributed by atoms with Gasteiger partial charge in [0.05, 0.1) is 0 Å². The summed E-state index contributed by atoms with van der Waals surface area (Å²) in [4.78, 5) is 12.0. The van der Waals surface area contributed by atoms with E-state index < -0.39 is 19.8 Å². The summed E-state index contributed by atoms with van der Waals surface area (Å²) in [6.07, 6.45) is 0.729. The van der Waals surface area contributed by atoms with Crippen molar-refractivity contribution in [3.05, 3.63) is 90.5 Å². The Kier molecular flexibility index (Phi) is 6.47. The minimum atomic E-state index is -2.39. The van der Waals surface area contributed by atoms with Gasteiger partial charge >= 0.3 is 162 Å². The molecular formula is C22H24N2OSn. The number of amides is 1. The van der Waals surface area contributed by atoms with Gasteiger partial charge in [-0.2, -0.15) is 0 Å². The van der Waals surface area contributed by atoms with E-state index in [0.717, 1.165) is 12.0 Å². The predicted molar refractivity (Wildman–Crippen MR) is 111 cm³/mol. The van der Waals surface area contributed by atoms with E-state index in [9.17, 15) is 4.79 Å². The fraction of sp³-hybridized carbons (Fsp3) is 0.136. The Labute approximate surface area is 162 Å². The second-order valence-electron chi connectivity index (χ2n) is 6.39. The molecular weight excluding hydrogens is 427 g/mol. The maximum absolute atomic E-state index is 12.0. The Morgan fingerprint density at radius 1 is 0.846 bits per heavy atom. The third-order valence-corrected chi connectivity index (χ3v) is 13.8. The van der Waals surface area contributed by atoms with Crippen LogP contribution >= 0.6 is 0 Å². The van der Waals surface area contributed by atoms with Gasteiger partial charge in [0.2, 0.25) is 0 Å². The molecule has 0 aliphatic heterocycles. The van der Waals surface area contributed by atoms with Gasteiger partial charge in [-0.15, -0.1) is 0 Å². The number of nitrogens with two attached hydrogens (primary N) is 1. The Morgan fingerprint density at radius 3 is 1.73 bits per heavy atom. The first kappa shape index (κ1) is 18.7. The molecule has 3 N–H and O–H groups in total. The fourth-order valence-electron chi connectivity index (χ4n) is 3.46. The van der Waals surface area contributed by atoms with Crippen molar-refractivity contribution in [3.8, 4) is 0 Å². The van der Waals surface area contributed by atoms with Crippen LogP contribution in [0.25, 0.3) is 0 Å². The van der Waals surface area contributed by atoms with E-state index in [2.05, 4.69) is 90.4 Å². The molecule has 0 bridgehead atoms. The van der Waals surface area contributed by atoms with E-state index in [4.69, 9.17) is 5.84 Å². The first-order valence-electron chi connectivity index (χ1n) is 8.94. The van der Waals surface area contributed by atoms with Gasteiger partial charge in [0.15, 0.2) is 0 Å². The van der Waals surface area contributed by atoms with Gasteiger partial charge < -0.3 is 0 Å². The Morgan fingerprint density at radius 2 is 1.31 bits per heavy atom. The van der Waals surface area contributed by atoms with Crippen molar-refractivity contribution >= 4 is 36.4 Å². The molecule has 3 aromatic carbocycles. The molecule has 0 aliphatic rings. The van der Waals surface area contributed by atoms with E-state index in [1.807, 2.05) is 6.92 Å². The summed E-state index contributed by atoms with van der Waals surface area (Å²) in [5, 5.41) is 0. The summed E-state index contributed by atoms with van der Waals surface area (Å²) < 4.78 is 4.33. The topological polar surface area (TPSA) is 55.1 Å². The number of carbonyl (C=O) groups excluding carboxylic acids is 1. The van der Waals surface area contributed by atoms with Crippen LogP contribution in [0.2, 0.25) is 0 Å². The van der Waals surface area contributed by atoms with Crippen molar-refractivity contribution in [2.75, 3.05) is 0 Å². The number of hydrazine groups is 1. The molecule has 3 aromatic rings. The van der Waals surface area contributed by atoms with Gasteiger partial charge in [0, 0.05) is 0 Å². The molecule has 0 aromatic heterocycles. The van der Waals surface area contributed by atoms with Gasteiger partial charge in [-0.05, 0) is 0 Å². The number of hydrogen-bond acceptors (Lipinski definition) is 2. The summed E-state index contributed by atoms with van der Waals surface area (Å²) in [6, 6.07) is 30.2. The predicted octanol–water partition coefficient (Wildman–Crippen LogP) is 1.42. The van der Waals surface area contributed by atoms with Crippen LogP contribution in [-0.2, 0) is 4.79 Å². The van der Waals surface area contributed by atoms with Gasteiger partial charge in [0.1, 0.15) is 0 Å². The summed E-state index contributed by atoms with van der Waals surface area (Å²) in [7, 11) is 0. The molecule has 0 heterocycles. The van der Waals surface area contributed by atoms with Crippen LogP contribution in [0.15, 0.2) is 84.9 Å². The Hall–Kier alpha value is -2.11. The van der Waals surface area contributed by atoms with Crippen molar-refractivity contribution in [1.82, 2.24) is 5.43 Å². The van der Waals surface area contributed by atoms with E-state index >= 15 is 0 Å². The molecule has 0 saturated carbocycles. The third kappa shape index (κ3) is 4.16. The normalized spacial score (nSPS) is 12.0. The molecule has 3 rings (SSSR count). The third-order valence-electron chi connectivity index (χ3n) is 4.80. The standard InChI is InChI=1S/C10H13N2O.2C6H5.Sn.H/c1-2-9(10(13)12-11)8-6-4-3-5-7-8;2*1-2-4-6-5-3-1;;/h4-7,9H,2,11H2,1H3,(H,12,13);2*1-5H;;. The molecule has 0 fully saturated rings. The van der Waals surface area contributed by atoms with E-state index in [0.29, 0.717) is 0 Å². The first-order chi connectivity index (χ1) is 12.7. The first-order valence-corrected chi connectivity index (χ1v) is 13.9. The summed E-state index contributed by atoms with van der Waals surface area (Å²) in [5.74, 6) is 5.00. The van der Waals surface area contributed by atoms with Gasteiger partial charge in [-0.1, -0.05) is 0 Å². The van der Waals surface area contributed by atoms with Crippen LogP contribution < -0.4 is 22.0 Å². The maximum atomic E-state index is 12.0. The molecule has 0 spiro atoms. The number of benzene rings is 3. The monoisotopic (exact) mass is 452 g/mol. The number of hydrogen-bond donors (Lipinski definition) is 2. The van der Waals surface area contributed by atoms with E-state index in [1.165, 1.54) is 10.7 Å². The van der Waals surface area contributed by atoms with Crippen molar-refractivity contribution in [2.45, 2.75) is 19.3 Å². The molecule has 1 amide bonds. The Balaban J connectivity index is 1.99. The second kappa shape index (κ2) is 9.01. The Bertz CT molecular complexity index is 796. The zero-order valence-corrected chi connectivity index (χ0v) is 18.2. The van der Waals surface area contributed by atoms with Crippen molar-refractivity contribution in [3.63, 3.8) is 0 Å².